The van der Waals surface area contributed by atoms with Crippen molar-refractivity contribution in [2.24, 2.45) is 11.5 Å². The number of amides is 3. The Morgan fingerprint density at radius 1 is 1.07 bits per heavy atom. The van der Waals surface area contributed by atoms with Gasteiger partial charge in [0.05, 0.1) is 22.2 Å². The minimum Gasteiger partial charge on any atom is -0.391 e. The lowest BCUT2D eigenvalue weighted by atomic mass is 10.00. The first kappa shape index (κ1) is 37.0. The van der Waals surface area contributed by atoms with Crippen molar-refractivity contribution in [3.8, 4) is 10.4 Å². The topological polar surface area (TPSA) is 164 Å². The van der Waals surface area contributed by atoms with Gasteiger partial charge in [0.15, 0.2) is 0 Å². The fourth-order valence-corrected chi connectivity index (χ4v) is 7.54. The van der Waals surface area contributed by atoms with Crippen LogP contribution < -0.4 is 22.1 Å². The lowest BCUT2D eigenvalue weighted by molar-refractivity contribution is -0.142. The number of nitrogens with two attached hydrogens (primary N) is 2. The van der Waals surface area contributed by atoms with Gasteiger partial charge in [-0.1, -0.05) is 43.5 Å². The molecule has 0 aliphatic carbocycles. The first-order valence-electron chi connectivity index (χ1n) is 16.2. The van der Waals surface area contributed by atoms with E-state index in [1.165, 1.54) is 4.90 Å². The summed E-state index contributed by atoms with van der Waals surface area (Å²) in [7, 11) is 0. The summed E-state index contributed by atoms with van der Waals surface area (Å²) < 4.78 is -0.634. The van der Waals surface area contributed by atoms with Gasteiger partial charge in [0.25, 0.3) is 0 Å². The first-order valence-corrected chi connectivity index (χ1v) is 18.0. The number of benzene rings is 1. The number of hydrogen-bond acceptors (Lipinski definition) is 9. The van der Waals surface area contributed by atoms with E-state index in [-0.39, 0.29) is 30.7 Å². The van der Waals surface area contributed by atoms with Crippen LogP contribution in [0.15, 0.2) is 29.8 Å². The van der Waals surface area contributed by atoms with Gasteiger partial charge < -0.3 is 32.1 Å². The molecule has 250 valence electrons. The molecule has 1 aromatic carbocycles. The molecule has 7 N–H and O–H groups in total. The van der Waals surface area contributed by atoms with E-state index in [0.717, 1.165) is 66.0 Å². The summed E-state index contributed by atoms with van der Waals surface area (Å²) >= 11 is 3.24. The van der Waals surface area contributed by atoms with E-state index in [4.69, 9.17) is 11.5 Å². The van der Waals surface area contributed by atoms with Crippen LogP contribution in [0.5, 0.6) is 0 Å². The van der Waals surface area contributed by atoms with Crippen LogP contribution in [-0.2, 0) is 20.9 Å². The molecule has 3 atom stereocenters. The Balaban J connectivity index is 1.68. The zero-order valence-corrected chi connectivity index (χ0v) is 28.7. The molecule has 45 heavy (non-hydrogen) atoms. The third-order valence-electron chi connectivity index (χ3n) is 8.22. The molecular weight excluding hydrogens is 609 g/mol. The Morgan fingerprint density at radius 2 is 1.73 bits per heavy atom. The highest BCUT2D eigenvalue weighted by Gasteiger charge is 2.45. The Morgan fingerprint density at radius 3 is 2.38 bits per heavy atom. The Kier molecular flexibility index (Phi) is 15.3. The number of rotatable bonds is 19. The van der Waals surface area contributed by atoms with E-state index in [2.05, 4.69) is 15.6 Å². The number of nitrogens with zero attached hydrogens (tertiary/aromatic N) is 2. The van der Waals surface area contributed by atoms with Gasteiger partial charge in [-0.05, 0) is 76.4 Å². The van der Waals surface area contributed by atoms with Gasteiger partial charge in [-0.2, -0.15) is 11.8 Å². The number of likely N-dealkylation sites (tertiary alicyclic amines) is 1. The number of unbranched alkanes of at least 4 members (excludes halogenated alkanes) is 5. The molecule has 1 saturated heterocycles. The molecule has 0 bridgehead atoms. The number of nitrogens with one attached hydrogen (secondary N) is 2. The van der Waals surface area contributed by atoms with Crippen molar-refractivity contribution in [2.75, 3.05) is 25.4 Å². The van der Waals surface area contributed by atoms with Crippen LogP contribution >= 0.6 is 23.1 Å². The SMILES string of the molecule is Cc1ncsc1-c1ccc(CNC(=O)[C@@H]2C[C@@H](O)CN2C(=O)[C@@H](NC(=O)CCCCCN)C(C)(C)SCCCCCCN)cc1. The Bertz CT molecular complexity index is 1220. The zero-order chi connectivity index (χ0) is 32.8. The molecule has 12 heteroatoms. The molecule has 0 saturated carbocycles. The van der Waals surface area contributed by atoms with E-state index in [0.29, 0.717) is 32.5 Å². The number of hydrogen-bond donors (Lipinski definition) is 5. The number of aryl methyl sites for hydroxylation is 1. The van der Waals surface area contributed by atoms with Crippen LogP contribution in [0.1, 0.15) is 82.9 Å². The number of carbonyl (C=O) groups excluding carboxylic acids is 3. The summed E-state index contributed by atoms with van der Waals surface area (Å²) in [6, 6.07) is 6.28. The number of aliphatic hydroxyl groups excluding tert-OH is 1. The van der Waals surface area contributed by atoms with Gasteiger partial charge >= 0.3 is 0 Å². The van der Waals surface area contributed by atoms with E-state index in [9.17, 15) is 19.5 Å². The maximum Gasteiger partial charge on any atom is 0.247 e. The second kappa shape index (κ2) is 18.6. The number of aromatic nitrogens is 1. The molecule has 2 aromatic rings. The minimum absolute atomic E-state index is 0.0442. The Hall–Kier alpha value is -2.51. The molecule has 1 aliphatic rings. The third-order valence-corrected chi connectivity index (χ3v) is 10.7. The standard InChI is InChI=1S/C33H52N6O4S2/c1-23-29(44-22-37-23)25-14-12-24(13-15-25)20-36-31(42)27-19-26(40)21-39(27)32(43)30(38-28(41)11-7-6-9-17-35)33(2,3)45-18-10-5-4-8-16-34/h12-15,22,26-27,30,40H,4-11,16-21,34-35H2,1-3H3,(H,36,42)(H,38,41)/t26-,27+,30-/m1/s1. The predicted molar refractivity (Wildman–Crippen MR) is 184 cm³/mol. The van der Waals surface area contributed by atoms with E-state index in [1.807, 2.05) is 50.5 Å². The van der Waals surface area contributed by atoms with Gasteiger partial charge in [0, 0.05) is 30.7 Å². The molecule has 1 aliphatic heterocycles. The van der Waals surface area contributed by atoms with Crippen molar-refractivity contribution >= 4 is 40.8 Å². The van der Waals surface area contributed by atoms with Crippen LogP contribution in [0.4, 0.5) is 0 Å². The van der Waals surface area contributed by atoms with Crippen LogP contribution in [0.25, 0.3) is 10.4 Å². The summed E-state index contributed by atoms with van der Waals surface area (Å²) in [5.41, 5.74) is 16.0. The highest BCUT2D eigenvalue weighted by Crippen LogP contribution is 2.33. The predicted octanol–water partition coefficient (Wildman–Crippen LogP) is 3.73. The molecule has 0 unspecified atom stereocenters. The fourth-order valence-electron chi connectivity index (χ4n) is 5.52. The number of carbonyl (C=O) groups is 3. The van der Waals surface area contributed by atoms with E-state index < -0.39 is 22.9 Å². The average molecular weight is 661 g/mol. The quantitative estimate of drug-likeness (QED) is 0.142. The summed E-state index contributed by atoms with van der Waals surface area (Å²) in [5, 5.41) is 16.6. The van der Waals surface area contributed by atoms with Crippen molar-refractivity contribution in [3.05, 3.63) is 41.0 Å². The number of thioether (sulfide) groups is 1. The smallest absolute Gasteiger partial charge is 0.247 e. The number of β-amino-alcohol motifs (C(OH)–C–C–N with tert-alkyl or cyclic N) is 1. The van der Waals surface area contributed by atoms with Crippen LogP contribution in [0.3, 0.4) is 0 Å². The molecule has 0 spiro atoms. The summed E-state index contributed by atoms with van der Waals surface area (Å²) in [5.74, 6) is -0.0205. The number of thiazole rings is 1. The first-order chi connectivity index (χ1) is 21.6. The van der Waals surface area contributed by atoms with Gasteiger partial charge in [-0.15, -0.1) is 11.3 Å². The summed E-state index contributed by atoms with van der Waals surface area (Å²) in [4.78, 5) is 47.5. The van der Waals surface area contributed by atoms with Crippen LogP contribution in [-0.4, -0.2) is 81.0 Å². The summed E-state index contributed by atoms with van der Waals surface area (Å²) in [6.45, 7) is 7.51. The lowest BCUT2D eigenvalue weighted by Gasteiger charge is -2.37. The number of aliphatic hydroxyl groups is 1. The largest absolute Gasteiger partial charge is 0.391 e. The summed E-state index contributed by atoms with van der Waals surface area (Å²) in [6.07, 6.45) is 6.12. The molecule has 0 radical (unpaired) electrons. The minimum atomic E-state index is -0.850. The van der Waals surface area contributed by atoms with Crippen LogP contribution in [0.2, 0.25) is 0 Å². The van der Waals surface area contributed by atoms with Crippen molar-refractivity contribution < 1.29 is 19.5 Å². The molecule has 3 rings (SSSR count). The van der Waals surface area contributed by atoms with Crippen LogP contribution in [0, 0.1) is 6.92 Å². The van der Waals surface area contributed by atoms with Crippen molar-refractivity contribution in [2.45, 2.75) is 108 Å². The molecule has 1 aromatic heterocycles. The second-order valence-corrected chi connectivity index (χ2v) is 14.9. The van der Waals surface area contributed by atoms with E-state index >= 15 is 0 Å². The van der Waals surface area contributed by atoms with Crippen molar-refractivity contribution in [3.63, 3.8) is 0 Å². The van der Waals surface area contributed by atoms with Crippen molar-refractivity contribution in [1.82, 2.24) is 20.5 Å². The molecule has 2 heterocycles. The van der Waals surface area contributed by atoms with Crippen molar-refractivity contribution in [1.29, 1.82) is 0 Å². The van der Waals surface area contributed by atoms with Gasteiger partial charge in [0.1, 0.15) is 12.1 Å². The second-order valence-electron chi connectivity index (χ2n) is 12.3. The van der Waals surface area contributed by atoms with E-state index in [1.54, 1.807) is 23.1 Å². The molecule has 1 fully saturated rings. The highest BCUT2D eigenvalue weighted by molar-refractivity contribution is 8.00. The Labute approximate surface area is 276 Å². The van der Waals surface area contributed by atoms with Gasteiger partial charge in [-0.3, -0.25) is 14.4 Å². The van der Waals surface area contributed by atoms with Gasteiger partial charge in [-0.25, -0.2) is 4.98 Å². The normalized spacial score (nSPS) is 17.3. The third kappa shape index (κ3) is 11.4. The molecule has 10 nitrogen and oxygen atoms in total. The molecular formula is C33H52N6O4S2. The lowest BCUT2D eigenvalue weighted by Crippen LogP contribution is -2.59. The fraction of sp³-hybridized carbons (Fsp3) is 0.636. The maximum absolute atomic E-state index is 14.2. The van der Waals surface area contributed by atoms with Gasteiger partial charge in [0.2, 0.25) is 17.7 Å². The monoisotopic (exact) mass is 660 g/mol. The average Bonchev–Trinajstić information content (AvgIpc) is 3.63. The molecule has 3 amide bonds. The zero-order valence-electron chi connectivity index (χ0n) is 27.1. The maximum atomic E-state index is 14.2. The highest BCUT2D eigenvalue weighted by atomic mass is 32.2.